The van der Waals surface area contributed by atoms with Gasteiger partial charge in [0.05, 0.1) is 16.8 Å². The molecule has 0 bridgehead atoms. The van der Waals surface area contributed by atoms with Gasteiger partial charge in [-0.2, -0.15) is 13.2 Å². The SMILES string of the molecule is CC(OC(=O)c1cccc(NC(=O)C(C)(C)C)c1)C(=O)Nc1ccc(Cl)cc1C(F)(F)F. The Morgan fingerprint density at radius 1 is 1.00 bits per heavy atom. The van der Waals surface area contributed by atoms with Gasteiger partial charge in [0.25, 0.3) is 5.91 Å². The molecule has 0 aliphatic carbocycles. The molecule has 0 aliphatic heterocycles. The van der Waals surface area contributed by atoms with Crippen LogP contribution in [0.5, 0.6) is 0 Å². The number of carbonyl (C=O) groups is 3. The quantitative estimate of drug-likeness (QED) is 0.563. The van der Waals surface area contributed by atoms with Crippen molar-refractivity contribution in [2.75, 3.05) is 10.6 Å². The van der Waals surface area contributed by atoms with E-state index in [1.54, 1.807) is 26.8 Å². The average molecular weight is 471 g/mol. The van der Waals surface area contributed by atoms with Crippen molar-refractivity contribution in [3.63, 3.8) is 0 Å². The largest absolute Gasteiger partial charge is 0.449 e. The van der Waals surface area contributed by atoms with Crippen LogP contribution >= 0.6 is 11.6 Å². The number of anilines is 2. The maximum atomic E-state index is 13.2. The van der Waals surface area contributed by atoms with Crippen LogP contribution in [0.4, 0.5) is 24.5 Å². The number of esters is 1. The van der Waals surface area contributed by atoms with Crippen LogP contribution in [0.15, 0.2) is 42.5 Å². The first-order chi connectivity index (χ1) is 14.7. The van der Waals surface area contributed by atoms with Gasteiger partial charge in [-0.1, -0.05) is 38.4 Å². The summed E-state index contributed by atoms with van der Waals surface area (Å²) in [7, 11) is 0. The second-order valence-electron chi connectivity index (χ2n) is 8.01. The topological polar surface area (TPSA) is 84.5 Å². The lowest BCUT2D eigenvalue weighted by Gasteiger charge is -2.18. The molecule has 1 atom stereocenters. The molecule has 0 fully saturated rings. The first-order valence-electron chi connectivity index (χ1n) is 9.48. The molecule has 2 N–H and O–H groups in total. The van der Waals surface area contributed by atoms with Crippen LogP contribution in [0.25, 0.3) is 0 Å². The van der Waals surface area contributed by atoms with E-state index in [2.05, 4.69) is 10.6 Å². The van der Waals surface area contributed by atoms with Crippen LogP contribution in [-0.4, -0.2) is 23.9 Å². The van der Waals surface area contributed by atoms with Gasteiger partial charge in [-0.15, -0.1) is 0 Å². The summed E-state index contributed by atoms with van der Waals surface area (Å²) in [6.45, 7) is 6.41. The molecule has 0 heterocycles. The minimum Gasteiger partial charge on any atom is -0.449 e. The summed E-state index contributed by atoms with van der Waals surface area (Å²) in [5, 5.41) is 4.63. The van der Waals surface area contributed by atoms with Crippen molar-refractivity contribution in [2.24, 2.45) is 5.41 Å². The monoisotopic (exact) mass is 470 g/mol. The Morgan fingerprint density at radius 2 is 1.66 bits per heavy atom. The molecule has 32 heavy (non-hydrogen) atoms. The van der Waals surface area contributed by atoms with Crippen molar-refractivity contribution in [1.82, 2.24) is 0 Å². The minimum absolute atomic E-state index is 0.0545. The van der Waals surface area contributed by atoms with Gasteiger partial charge in [0.1, 0.15) is 0 Å². The standard InChI is InChI=1S/C22H22ClF3N2O4/c1-12(18(29)28-17-9-8-14(23)11-16(17)22(24,25)26)32-19(30)13-6-5-7-15(10-13)27-20(31)21(2,3)4/h5-12H,1-4H3,(H,27,31)(H,28,29). The highest BCUT2D eigenvalue weighted by Crippen LogP contribution is 2.36. The molecule has 2 rings (SSSR count). The predicted molar refractivity (Wildman–Crippen MR) is 114 cm³/mol. The lowest BCUT2D eigenvalue weighted by atomic mass is 9.95. The molecular weight excluding hydrogens is 449 g/mol. The fourth-order valence-corrected chi connectivity index (χ4v) is 2.59. The number of hydrogen-bond donors (Lipinski definition) is 2. The summed E-state index contributed by atoms with van der Waals surface area (Å²) >= 11 is 5.62. The van der Waals surface area contributed by atoms with Gasteiger partial charge in [-0.05, 0) is 43.3 Å². The zero-order valence-electron chi connectivity index (χ0n) is 17.8. The number of halogens is 4. The van der Waals surface area contributed by atoms with E-state index < -0.39 is 40.8 Å². The molecular formula is C22H22ClF3N2O4. The second-order valence-corrected chi connectivity index (χ2v) is 8.45. The summed E-state index contributed by atoms with van der Waals surface area (Å²) in [6.07, 6.45) is -6.14. The van der Waals surface area contributed by atoms with Crippen LogP contribution in [-0.2, 0) is 20.5 Å². The third-order valence-electron chi connectivity index (χ3n) is 4.24. The van der Waals surface area contributed by atoms with Gasteiger partial charge in [-0.3, -0.25) is 9.59 Å². The molecule has 0 saturated heterocycles. The van der Waals surface area contributed by atoms with Crippen molar-refractivity contribution in [3.8, 4) is 0 Å². The zero-order valence-corrected chi connectivity index (χ0v) is 18.5. The molecule has 6 nitrogen and oxygen atoms in total. The lowest BCUT2D eigenvalue weighted by Crippen LogP contribution is -2.31. The van der Waals surface area contributed by atoms with Crippen molar-refractivity contribution in [2.45, 2.75) is 40.0 Å². The Balaban J connectivity index is 2.10. The molecule has 2 aromatic rings. The average Bonchev–Trinajstić information content (AvgIpc) is 2.67. The van der Waals surface area contributed by atoms with Crippen molar-refractivity contribution in [1.29, 1.82) is 0 Å². The van der Waals surface area contributed by atoms with Gasteiger partial charge in [0.15, 0.2) is 6.10 Å². The Morgan fingerprint density at radius 3 is 2.25 bits per heavy atom. The number of carbonyl (C=O) groups excluding carboxylic acids is 3. The van der Waals surface area contributed by atoms with E-state index in [1.165, 1.54) is 31.2 Å². The number of rotatable bonds is 5. The highest BCUT2D eigenvalue weighted by molar-refractivity contribution is 6.30. The summed E-state index contributed by atoms with van der Waals surface area (Å²) in [5.74, 6) is -2.10. The number of benzene rings is 2. The third-order valence-corrected chi connectivity index (χ3v) is 4.47. The van der Waals surface area contributed by atoms with Crippen molar-refractivity contribution >= 4 is 40.8 Å². The maximum absolute atomic E-state index is 13.2. The molecule has 0 saturated carbocycles. The highest BCUT2D eigenvalue weighted by Gasteiger charge is 2.34. The second kappa shape index (κ2) is 9.60. The first kappa shape index (κ1) is 25.2. The normalized spacial score (nSPS) is 12.6. The van der Waals surface area contributed by atoms with Gasteiger partial charge >= 0.3 is 12.1 Å². The summed E-state index contributed by atoms with van der Waals surface area (Å²) in [6, 6.07) is 8.78. The molecule has 2 amide bonds. The van der Waals surface area contributed by atoms with E-state index in [1.807, 2.05) is 0 Å². The molecule has 172 valence electrons. The van der Waals surface area contributed by atoms with E-state index >= 15 is 0 Å². The summed E-state index contributed by atoms with van der Waals surface area (Å²) in [4.78, 5) is 36.8. The zero-order chi connectivity index (χ0) is 24.3. The van der Waals surface area contributed by atoms with Gasteiger partial charge < -0.3 is 15.4 Å². The number of alkyl halides is 3. The van der Waals surface area contributed by atoms with E-state index in [-0.39, 0.29) is 16.5 Å². The Kier molecular flexibility index (Phi) is 7.56. The van der Waals surface area contributed by atoms with Crippen LogP contribution in [0.3, 0.4) is 0 Å². The molecule has 10 heteroatoms. The van der Waals surface area contributed by atoms with Gasteiger partial charge in [0.2, 0.25) is 5.91 Å². The van der Waals surface area contributed by atoms with Crippen molar-refractivity contribution in [3.05, 3.63) is 58.6 Å². The molecule has 2 aromatic carbocycles. The minimum atomic E-state index is -4.74. The number of nitrogens with one attached hydrogen (secondary N) is 2. The summed E-state index contributed by atoms with van der Waals surface area (Å²) < 4.78 is 44.6. The first-order valence-corrected chi connectivity index (χ1v) is 9.86. The third kappa shape index (κ3) is 6.71. The Hall–Kier alpha value is -3.07. The fraction of sp³-hybridized carbons (Fsp3) is 0.318. The van der Waals surface area contributed by atoms with Crippen molar-refractivity contribution < 1.29 is 32.3 Å². The number of hydrogen-bond acceptors (Lipinski definition) is 4. The number of ether oxygens (including phenoxy) is 1. The van der Waals surface area contributed by atoms with Gasteiger partial charge in [0, 0.05) is 16.1 Å². The predicted octanol–water partition coefficient (Wildman–Crippen LogP) is 5.53. The van der Waals surface area contributed by atoms with Crippen LogP contribution in [0.1, 0.15) is 43.6 Å². The van der Waals surface area contributed by atoms with Crippen LogP contribution in [0, 0.1) is 5.41 Å². The van der Waals surface area contributed by atoms with E-state index in [0.29, 0.717) is 11.8 Å². The smallest absolute Gasteiger partial charge is 0.418 e. The maximum Gasteiger partial charge on any atom is 0.418 e. The van der Waals surface area contributed by atoms with Crippen LogP contribution in [0.2, 0.25) is 5.02 Å². The molecule has 1 unspecified atom stereocenters. The van der Waals surface area contributed by atoms with E-state index in [9.17, 15) is 27.6 Å². The lowest BCUT2D eigenvalue weighted by molar-refractivity contribution is -0.137. The van der Waals surface area contributed by atoms with E-state index in [0.717, 1.165) is 6.07 Å². The van der Waals surface area contributed by atoms with E-state index in [4.69, 9.17) is 16.3 Å². The number of amides is 2. The van der Waals surface area contributed by atoms with Gasteiger partial charge in [-0.25, -0.2) is 4.79 Å². The summed E-state index contributed by atoms with van der Waals surface area (Å²) in [5.41, 5.74) is -1.88. The van der Waals surface area contributed by atoms with Crippen LogP contribution < -0.4 is 10.6 Å². The molecule has 0 aromatic heterocycles. The highest BCUT2D eigenvalue weighted by atomic mass is 35.5. The fourth-order valence-electron chi connectivity index (χ4n) is 2.42. The Labute approximate surface area is 188 Å². The molecule has 0 radical (unpaired) electrons. The Bertz CT molecular complexity index is 1030. The molecule has 0 aliphatic rings. The molecule has 0 spiro atoms.